The van der Waals surface area contributed by atoms with Gasteiger partial charge < -0.3 is 19.5 Å². The number of rotatable bonds is 9. The number of carbonyl (C=O) groups is 2. The summed E-state index contributed by atoms with van der Waals surface area (Å²) in [4.78, 5) is 24.5. The Hall–Kier alpha value is -3.02. The molecule has 6 rings (SSSR count). The lowest BCUT2D eigenvalue weighted by molar-refractivity contribution is -0.151. The molecule has 4 aliphatic rings. The van der Waals surface area contributed by atoms with E-state index in [2.05, 4.69) is 5.32 Å². The topological polar surface area (TPSA) is 73.9 Å². The predicted molar refractivity (Wildman–Crippen MR) is 123 cm³/mol. The Balaban J connectivity index is 1.02. The van der Waals surface area contributed by atoms with Crippen molar-refractivity contribution in [3.8, 4) is 11.5 Å². The van der Waals surface area contributed by atoms with Crippen molar-refractivity contribution in [2.75, 3.05) is 13.2 Å². The number of esters is 1. The number of ether oxygens (including phenoxy) is 3. The molecule has 33 heavy (non-hydrogen) atoms. The van der Waals surface area contributed by atoms with Crippen LogP contribution in [0.4, 0.5) is 0 Å². The van der Waals surface area contributed by atoms with Crippen molar-refractivity contribution in [2.45, 2.75) is 50.7 Å². The van der Waals surface area contributed by atoms with E-state index in [0.717, 1.165) is 48.3 Å². The predicted octanol–water partition coefficient (Wildman–Crippen LogP) is 4.27. The number of amides is 1. The van der Waals surface area contributed by atoms with Gasteiger partial charge in [-0.05, 0) is 86.1 Å². The molecular formula is C27H31NO5. The summed E-state index contributed by atoms with van der Waals surface area (Å²) >= 11 is 0. The van der Waals surface area contributed by atoms with E-state index in [4.69, 9.17) is 14.2 Å². The van der Waals surface area contributed by atoms with Crippen LogP contribution in [0.15, 0.2) is 54.6 Å². The van der Waals surface area contributed by atoms with Gasteiger partial charge in [0.05, 0.1) is 0 Å². The van der Waals surface area contributed by atoms with Crippen molar-refractivity contribution in [3.63, 3.8) is 0 Å². The third kappa shape index (κ3) is 5.49. The fraction of sp³-hybridized carbons (Fsp3) is 0.481. The van der Waals surface area contributed by atoms with Crippen LogP contribution in [0.2, 0.25) is 0 Å². The molecule has 1 amide bonds. The average Bonchev–Trinajstić information content (AvgIpc) is 2.80. The standard InChI is InChI=1S/C27H31NO5/c29-25(28-27-13-20-10-21(14-27)12-22(11-20)15-27)17-33-26(30)18-32-24-8-6-23(7-9-24)31-16-19-4-2-1-3-5-19/h1-9,20-22H,10-18H2,(H,28,29). The Bertz CT molecular complexity index is 936. The molecule has 2 aromatic carbocycles. The van der Waals surface area contributed by atoms with E-state index in [1.54, 1.807) is 24.3 Å². The monoisotopic (exact) mass is 449 g/mol. The van der Waals surface area contributed by atoms with Crippen molar-refractivity contribution in [2.24, 2.45) is 17.8 Å². The molecule has 0 radical (unpaired) electrons. The summed E-state index contributed by atoms with van der Waals surface area (Å²) in [5, 5.41) is 3.21. The fourth-order valence-electron chi connectivity index (χ4n) is 6.30. The highest BCUT2D eigenvalue weighted by Crippen LogP contribution is 2.55. The van der Waals surface area contributed by atoms with E-state index in [9.17, 15) is 9.59 Å². The Labute approximate surface area is 194 Å². The summed E-state index contributed by atoms with van der Waals surface area (Å²) in [6.45, 7) is -0.0102. The van der Waals surface area contributed by atoms with Crippen LogP contribution in [0.1, 0.15) is 44.1 Å². The van der Waals surface area contributed by atoms with Gasteiger partial charge in [-0.25, -0.2) is 4.79 Å². The first-order chi connectivity index (χ1) is 16.1. The molecule has 4 saturated carbocycles. The lowest BCUT2D eigenvalue weighted by Crippen LogP contribution is -2.60. The van der Waals surface area contributed by atoms with Crippen LogP contribution in [-0.4, -0.2) is 30.6 Å². The normalized spacial score (nSPS) is 27.1. The molecule has 0 spiro atoms. The van der Waals surface area contributed by atoms with E-state index in [0.29, 0.717) is 12.4 Å². The van der Waals surface area contributed by atoms with Gasteiger partial charge in [0.25, 0.3) is 5.91 Å². The lowest BCUT2D eigenvalue weighted by atomic mass is 9.53. The second-order valence-corrected chi connectivity index (χ2v) is 9.94. The third-order valence-corrected chi connectivity index (χ3v) is 7.24. The zero-order chi connectivity index (χ0) is 22.7. The van der Waals surface area contributed by atoms with Crippen molar-refractivity contribution in [1.82, 2.24) is 5.32 Å². The minimum absolute atomic E-state index is 0.0704. The van der Waals surface area contributed by atoms with Crippen LogP contribution in [0.3, 0.4) is 0 Å². The van der Waals surface area contributed by atoms with Crippen LogP contribution >= 0.6 is 0 Å². The van der Waals surface area contributed by atoms with Crippen molar-refractivity contribution >= 4 is 11.9 Å². The first-order valence-corrected chi connectivity index (χ1v) is 11.9. The molecule has 4 fully saturated rings. The lowest BCUT2D eigenvalue weighted by Gasteiger charge is -2.56. The zero-order valence-electron chi connectivity index (χ0n) is 18.8. The molecule has 6 heteroatoms. The minimum atomic E-state index is -0.555. The maximum absolute atomic E-state index is 12.5. The van der Waals surface area contributed by atoms with Gasteiger partial charge in [0.2, 0.25) is 0 Å². The van der Waals surface area contributed by atoms with Crippen LogP contribution in [-0.2, 0) is 20.9 Å². The summed E-state index contributed by atoms with van der Waals surface area (Å²) < 4.78 is 16.4. The summed E-state index contributed by atoms with van der Waals surface area (Å²) in [5.74, 6) is 2.75. The maximum Gasteiger partial charge on any atom is 0.344 e. The summed E-state index contributed by atoms with van der Waals surface area (Å²) in [6.07, 6.45) is 7.19. The first kappa shape index (κ1) is 21.8. The molecule has 4 aliphatic carbocycles. The van der Waals surface area contributed by atoms with Crippen LogP contribution in [0.25, 0.3) is 0 Å². The second-order valence-electron chi connectivity index (χ2n) is 9.94. The molecule has 4 bridgehead atoms. The molecule has 0 aliphatic heterocycles. The van der Waals surface area contributed by atoms with Gasteiger partial charge in [-0.3, -0.25) is 4.79 Å². The van der Waals surface area contributed by atoms with Crippen molar-refractivity contribution < 1.29 is 23.8 Å². The van der Waals surface area contributed by atoms with Gasteiger partial charge in [-0.15, -0.1) is 0 Å². The van der Waals surface area contributed by atoms with Gasteiger partial charge in [-0.2, -0.15) is 0 Å². The molecule has 0 unspecified atom stereocenters. The van der Waals surface area contributed by atoms with Gasteiger partial charge in [0.1, 0.15) is 18.1 Å². The largest absolute Gasteiger partial charge is 0.489 e. The number of hydrogen-bond donors (Lipinski definition) is 1. The minimum Gasteiger partial charge on any atom is -0.489 e. The smallest absolute Gasteiger partial charge is 0.344 e. The van der Waals surface area contributed by atoms with Gasteiger partial charge in [0, 0.05) is 5.54 Å². The molecule has 1 N–H and O–H groups in total. The number of carbonyl (C=O) groups excluding carboxylic acids is 2. The highest BCUT2D eigenvalue weighted by molar-refractivity contribution is 5.81. The van der Waals surface area contributed by atoms with E-state index < -0.39 is 5.97 Å². The SMILES string of the molecule is O=C(COC(=O)COc1ccc(OCc2ccccc2)cc1)NC12CC3CC(CC(C3)C1)C2. The van der Waals surface area contributed by atoms with E-state index in [1.165, 1.54) is 19.3 Å². The van der Waals surface area contributed by atoms with Crippen LogP contribution < -0.4 is 14.8 Å². The molecule has 174 valence electrons. The molecule has 0 saturated heterocycles. The zero-order valence-corrected chi connectivity index (χ0v) is 18.8. The fourth-order valence-corrected chi connectivity index (χ4v) is 6.30. The van der Waals surface area contributed by atoms with Crippen LogP contribution in [0, 0.1) is 17.8 Å². The first-order valence-electron chi connectivity index (χ1n) is 11.9. The van der Waals surface area contributed by atoms with Gasteiger partial charge in [-0.1, -0.05) is 30.3 Å². The Morgan fingerprint density at radius 2 is 1.36 bits per heavy atom. The van der Waals surface area contributed by atoms with E-state index in [1.807, 2.05) is 30.3 Å². The van der Waals surface area contributed by atoms with Crippen molar-refractivity contribution in [1.29, 1.82) is 0 Å². The highest BCUT2D eigenvalue weighted by Gasteiger charge is 2.51. The number of benzene rings is 2. The summed E-state index contributed by atoms with van der Waals surface area (Å²) in [7, 11) is 0. The molecule has 6 nitrogen and oxygen atoms in total. The van der Waals surface area contributed by atoms with E-state index in [-0.39, 0.29) is 24.7 Å². The Morgan fingerprint density at radius 1 is 0.788 bits per heavy atom. The van der Waals surface area contributed by atoms with Gasteiger partial charge >= 0.3 is 5.97 Å². The molecule has 0 heterocycles. The van der Waals surface area contributed by atoms with Crippen molar-refractivity contribution in [3.05, 3.63) is 60.2 Å². The number of hydrogen-bond acceptors (Lipinski definition) is 5. The second kappa shape index (κ2) is 9.46. The maximum atomic E-state index is 12.5. The molecule has 2 aromatic rings. The molecular weight excluding hydrogens is 418 g/mol. The number of nitrogens with one attached hydrogen (secondary N) is 1. The van der Waals surface area contributed by atoms with E-state index >= 15 is 0 Å². The highest BCUT2D eigenvalue weighted by atomic mass is 16.6. The molecule has 0 atom stereocenters. The average molecular weight is 450 g/mol. The molecule has 0 aromatic heterocycles. The third-order valence-electron chi connectivity index (χ3n) is 7.24. The summed E-state index contributed by atoms with van der Waals surface area (Å²) in [6, 6.07) is 17.0. The van der Waals surface area contributed by atoms with Crippen LogP contribution in [0.5, 0.6) is 11.5 Å². The Morgan fingerprint density at radius 3 is 1.97 bits per heavy atom. The van der Waals surface area contributed by atoms with Gasteiger partial charge in [0.15, 0.2) is 13.2 Å². The Kier molecular flexibility index (Phi) is 6.25. The quantitative estimate of drug-likeness (QED) is 0.579. The summed E-state index contributed by atoms with van der Waals surface area (Å²) in [5.41, 5.74) is 1.02.